The maximum Gasteiger partial charge on any atom is 0.335 e. The van der Waals surface area contributed by atoms with Crippen LogP contribution < -0.4 is 10.6 Å². The first-order valence-corrected chi connectivity index (χ1v) is 6.11. The molecule has 0 fully saturated rings. The summed E-state index contributed by atoms with van der Waals surface area (Å²) in [5, 5.41) is 14.0. The first kappa shape index (κ1) is 15.7. The first-order chi connectivity index (χ1) is 9.27. The molecule has 0 aliphatic rings. The number of carbonyl (C=O) groups is 3. The monoisotopic (exact) mass is 278 g/mol. The van der Waals surface area contributed by atoms with Crippen molar-refractivity contribution in [1.82, 2.24) is 10.6 Å². The highest BCUT2D eigenvalue weighted by molar-refractivity contribution is 5.97. The van der Waals surface area contributed by atoms with Gasteiger partial charge in [0.15, 0.2) is 0 Å². The van der Waals surface area contributed by atoms with Crippen molar-refractivity contribution in [3.05, 3.63) is 35.4 Å². The molecule has 0 radical (unpaired) electrons. The van der Waals surface area contributed by atoms with Crippen molar-refractivity contribution in [2.45, 2.75) is 13.8 Å². The van der Waals surface area contributed by atoms with Gasteiger partial charge in [0.1, 0.15) is 0 Å². The van der Waals surface area contributed by atoms with Gasteiger partial charge in [0.05, 0.1) is 11.0 Å². The Morgan fingerprint density at radius 1 is 1.20 bits per heavy atom. The molecule has 6 heteroatoms. The number of aromatic carboxylic acids is 1. The van der Waals surface area contributed by atoms with Crippen LogP contribution in [0.25, 0.3) is 0 Å². The summed E-state index contributed by atoms with van der Waals surface area (Å²) in [5.74, 6) is -1.69. The molecule has 0 atom stereocenters. The number of benzene rings is 1. The highest BCUT2D eigenvalue weighted by Crippen LogP contribution is 2.14. The predicted octanol–water partition coefficient (Wildman–Crippen LogP) is 0.887. The lowest BCUT2D eigenvalue weighted by molar-refractivity contribution is -0.128. The van der Waals surface area contributed by atoms with Gasteiger partial charge in [-0.05, 0) is 32.0 Å². The highest BCUT2D eigenvalue weighted by atomic mass is 16.4. The lowest BCUT2D eigenvalue weighted by Crippen LogP contribution is -2.43. The molecule has 1 rings (SSSR count). The topological polar surface area (TPSA) is 95.5 Å². The lowest BCUT2D eigenvalue weighted by atomic mass is 9.92. The van der Waals surface area contributed by atoms with Gasteiger partial charge in [-0.1, -0.05) is 6.07 Å². The molecule has 108 valence electrons. The normalized spacial score (nSPS) is 10.8. The molecule has 0 aliphatic heterocycles. The molecule has 6 nitrogen and oxygen atoms in total. The molecule has 0 spiro atoms. The summed E-state index contributed by atoms with van der Waals surface area (Å²) in [7, 11) is 1.53. The zero-order chi connectivity index (χ0) is 15.3. The Bertz CT molecular complexity index is 538. The van der Waals surface area contributed by atoms with Crippen molar-refractivity contribution < 1.29 is 19.5 Å². The Kier molecular flexibility index (Phi) is 4.85. The van der Waals surface area contributed by atoms with Crippen LogP contribution in [-0.4, -0.2) is 36.5 Å². The Morgan fingerprint density at radius 3 is 2.35 bits per heavy atom. The van der Waals surface area contributed by atoms with Crippen molar-refractivity contribution in [3.8, 4) is 0 Å². The standard InChI is InChI=1S/C14H18N2O4/c1-14(2,13(20)15-3)8-16-11(17)9-5-4-6-10(7-9)12(18)19/h4-7H,8H2,1-3H3,(H,15,20)(H,16,17)(H,18,19). The first-order valence-electron chi connectivity index (χ1n) is 6.11. The van der Waals surface area contributed by atoms with Gasteiger partial charge in [-0.25, -0.2) is 4.79 Å². The van der Waals surface area contributed by atoms with E-state index in [2.05, 4.69) is 10.6 Å². The van der Waals surface area contributed by atoms with Gasteiger partial charge >= 0.3 is 5.97 Å². The van der Waals surface area contributed by atoms with Gasteiger partial charge in [-0.3, -0.25) is 9.59 Å². The summed E-state index contributed by atoms with van der Waals surface area (Å²) < 4.78 is 0. The fraction of sp³-hybridized carbons (Fsp3) is 0.357. The Morgan fingerprint density at radius 2 is 1.80 bits per heavy atom. The molecular weight excluding hydrogens is 260 g/mol. The maximum atomic E-state index is 11.9. The second-order valence-electron chi connectivity index (χ2n) is 5.03. The van der Waals surface area contributed by atoms with Gasteiger partial charge in [-0.15, -0.1) is 0 Å². The van der Waals surface area contributed by atoms with E-state index in [9.17, 15) is 14.4 Å². The van der Waals surface area contributed by atoms with Crippen molar-refractivity contribution in [1.29, 1.82) is 0 Å². The van der Waals surface area contributed by atoms with Gasteiger partial charge in [-0.2, -0.15) is 0 Å². The van der Waals surface area contributed by atoms with E-state index in [-0.39, 0.29) is 23.6 Å². The third-order valence-electron chi connectivity index (χ3n) is 2.90. The van der Waals surface area contributed by atoms with E-state index in [0.29, 0.717) is 0 Å². The number of carboxylic acid groups (broad SMARTS) is 1. The highest BCUT2D eigenvalue weighted by Gasteiger charge is 2.27. The van der Waals surface area contributed by atoms with E-state index in [1.165, 1.54) is 31.3 Å². The van der Waals surface area contributed by atoms with Crippen LogP contribution in [0.1, 0.15) is 34.6 Å². The number of nitrogens with one attached hydrogen (secondary N) is 2. The Labute approximate surface area is 117 Å². The quantitative estimate of drug-likeness (QED) is 0.745. The summed E-state index contributed by atoms with van der Waals surface area (Å²) in [6.07, 6.45) is 0. The van der Waals surface area contributed by atoms with E-state index in [1.54, 1.807) is 13.8 Å². The van der Waals surface area contributed by atoms with E-state index in [0.717, 1.165) is 0 Å². The smallest absolute Gasteiger partial charge is 0.335 e. The van der Waals surface area contributed by atoms with E-state index < -0.39 is 17.3 Å². The van der Waals surface area contributed by atoms with Crippen LogP contribution in [0.5, 0.6) is 0 Å². The number of hydrogen-bond donors (Lipinski definition) is 3. The molecule has 3 N–H and O–H groups in total. The molecule has 0 unspecified atom stereocenters. The maximum absolute atomic E-state index is 11.9. The number of carbonyl (C=O) groups excluding carboxylic acids is 2. The van der Waals surface area contributed by atoms with Crippen LogP contribution in [0.2, 0.25) is 0 Å². The van der Waals surface area contributed by atoms with Crippen molar-refractivity contribution >= 4 is 17.8 Å². The van der Waals surface area contributed by atoms with Crippen LogP contribution in [0.4, 0.5) is 0 Å². The van der Waals surface area contributed by atoms with Crippen LogP contribution >= 0.6 is 0 Å². The molecule has 0 aliphatic carbocycles. The number of carboxylic acids is 1. The summed E-state index contributed by atoms with van der Waals surface area (Å²) in [6, 6.07) is 5.73. The molecule has 2 amide bonds. The fourth-order valence-electron chi connectivity index (χ4n) is 1.62. The van der Waals surface area contributed by atoms with Crippen molar-refractivity contribution in [2.75, 3.05) is 13.6 Å². The molecule has 0 heterocycles. The molecule has 0 bridgehead atoms. The molecular formula is C14H18N2O4. The largest absolute Gasteiger partial charge is 0.478 e. The van der Waals surface area contributed by atoms with Gasteiger partial charge in [0, 0.05) is 19.2 Å². The summed E-state index contributed by atoms with van der Waals surface area (Å²) in [6.45, 7) is 3.57. The van der Waals surface area contributed by atoms with Crippen LogP contribution in [-0.2, 0) is 4.79 Å². The van der Waals surface area contributed by atoms with Crippen molar-refractivity contribution in [3.63, 3.8) is 0 Å². The van der Waals surface area contributed by atoms with E-state index >= 15 is 0 Å². The summed E-state index contributed by atoms with van der Waals surface area (Å²) in [4.78, 5) is 34.4. The Hall–Kier alpha value is -2.37. The minimum atomic E-state index is -1.09. The minimum Gasteiger partial charge on any atom is -0.478 e. The predicted molar refractivity (Wildman–Crippen MR) is 73.6 cm³/mol. The number of hydrogen-bond acceptors (Lipinski definition) is 3. The Balaban J connectivity index is 2.75. The summed E-state index contributed by atoms with van der Waals surface area (Å²) >= 11 is 0. The molecule has 20 heavy (non-hydrogen) atoms. The zero-order valence-electron chi connectivity index (χ0n) is 11.7. The average Bonchev–Trinajstić information content (AvgIpc) is 2.43. The molecule has 0 aromatic heterocycles. The third kappa shape index (κ3) is 3.81. The minimum absolute atomic E-state index is 0.0446. The second kappa shape index (κ2) is 6.18. The van der Waals surface area contributed by atoms with Crippen LogP contribution in [0, 0.1) is 5.41 Å². The average molecular weight is 278 g/mol. The number of rotatable bonds is 5. The molecule has 0 saturated carbocycles. The zero-order valence-corrected chi connectivity index (χ0v) is 11.7. The van der Waals surface area contributed by atoms with Crippen molar-refractivity contribution in [2.24, 2.45) is 5.41 Å². The summed E-state index contributed by atoms with van der Waals surface area (Å²) in [5.41, 5.74) is -0.449. The fourth-order valence-corrected chi connectivity index (χ4v) is 1.62. The van der Waals surface area contributed by atoms with Crippen LogP contribution in [0.3, 0.4) is 0 Å². The van der Waals surface area contributed by atoms with Gasteiger partial charge in [0.2, 0.25) is 5.91 Å². The lowest BCUT2D eigenvalue weighted by Gasteiger charge is -2.22. The second-order valence-corrected chi connectivity index (χ2v) is 5.03. The molecule has 0 saturated heterocycles. The third-order valence-corrected chi connectivity index (χ3v) is 2.90. The van der Waals surface area contributed by atoms with Crippen LogP contribution in [0.15, 0.2) is 24.3 Å². The SMILES string of the molecule is CNC(=O)C(C)(C)CNC(=O)c1cccc(C(=O)O)c1. The molecule has 1 aromatic rings. The van der Waals surface area contributed by atoms with Gasteiger partial charge < -0.3 is 15.7 Å². The number of amides is 2. The van der Waals surface area contributed by atoms with E-state index in [4.69, 9.17) is 5.11 Å². The van der Waals surface area contributed by atoms with E-state index in [1.807, 2.05) is 0 Å². The molecule has 1 aromatic carbocycles. The van der Waals surface area contributed by atoms with Gasteiger partial charge in [0.25, 0.3) is 5.91 Å².